The quantitative estimate of drug-likeness (QED) is 0.223. The zero-order valence-corrected chi connectivity index (χ0v) is 23.5. The van der Waals surface area contributed by atoms with Gasteiger partial charge in [-0.25, -0.2) is 9.79 Å². The van der Waals surface area contributed by atoms with Crippen molar-refractivity contribution < 1.29 is 19.0 Å². The topological polar surface area (TPSA) is 79.1 Å². The summed E-state index contributed by atoms with van der Waals surface area (Å²) in [5, 5.41) is 0. The minimum Gasteiger partial charge on any atom is -0.494 e. The standard InChI is InChI=1S/C33H28N2O5S/c1-4-20-40-26-15-11-10-14-24(26)21-27-31(36)35-30(23-16-18-25(19-17-23)38-5-2)28(32(37)39-6-3)29(34-33(35)41-27)22-12-8-7-9-13-22/h1,7-19,21,30H,5-6,20H2,2-3H3/b27-21-/t30-/m0/s1. The van der Waals surface area contributed by atoms with E-state index in [-0.39, 0.29) is 18.8 Å². The van der Waals surface area contributed by atoms with Gasteiger partial charge in [0.2, 0.25) is 0 Å². The Bertz CT molecular complexity index is 1810. The number of fused-ring (bicyclic) bond motifs is 1. The monoisotopic (exact) mass is 564 g/mol. The molecule has 0 amide bonds. The highest BCUT2D eigenvalue weighted by Crippen LogP contribution is 2.35. The van der Waals surface area contributed by atoms with Gasteiger partial charge in [-0.05, 0) is 43.7 Å². The zero-order valence-electron chi connectivity index (χ0n) is 22.7. The van der Waals surface area contributed by atoms with Crippen LogP contribution in [0, 0.1) is 12.3 Å². The van der Waals surface area contributed by atoms with E-state index in [2.05, 4.69) is 5.92 Å². The fraction of sp³-hybridized carbons (Fsp3) is 0.182. The van der Waals surface area contributed by atoms with Crippen LogP contribution in [0.3, 0.4) is 0 Å². The molecular formula is C33H28N2O5S. The Balaban J connectivity index is 1.78. The van der Waals surface area contributed by atoms with Crippen LogP contribution in [0.5, 0.6) is 11.5 Å². The number of esters is 1. The van der Waals surface area contributed by atoms with Crippen LogP contribution < -0.4 is 24.4 Å². The lowest BCUT2D eigenvalue weighted by molar-refractivity contribution is -0.138. The first-order valence-corrected chi connectivity index (χ1v) is 14.0. The van der Waals surface area contributed by atoms with Gasteiger partial charge in [0.25, 0.3) is 5.56 Å². The lowest BCUT2D eigenvalue weighted by Crippen LogP contribution is -2.40. The summed E-state index contributed by atoms with van der Waals surface area (Å²) in [6.07, 6.45) is 7.15. The maximum atomic E-state index is 14.1. The lowest BCUT2D eigenvalue weighted by atomic mass is 9.93. The van der Waals surface area contributed by atoms with Gasteiger partial charge >= 0.3 is 5.97 Å². The number of carbonyl (C=O) groups is 1. The maximum absolute atomic E-state index is 14.1. The van der Waals surface area contributed by atoms with Gasteiger partial charge in [-0.2, -0.15) is 0 Å². The summed E-state index contributed by atoms with van der Waals surface area (Å²) in [6, 6.07) is 23.4. The van der Waals surface area contributed by atoms with Crippen molar-refractivity contribution in [2.24, 2.45) is 4.99 Å². The Labute approximate surface area is 241 Å². The minimum absolute atomic E-state index is 0.104. The summed E-state index contributed by atoms with van der Waals surface area (Å²) in [7, 11) is 0. The number of benzene rings is 3. The molecule has 206 valence electrons. The third-order valence-corrected chi connectivity index (χ3v) is 7.38. The third kappa shape index (κ3) is 5.72. The van der Waals surface area contributed by atoms with E-state index in [1.165, 1.54) is 11.3 Å². The second-order valence-electron chi connectivity index (χ2n) is 8.96. The number of hydrogen-bond donors (Lipinski definition) is 0. The minimum atomic E-state index is -0.772. The summed E-state index contributed by atoms with van der Waals surface area (Å²) in [5.74, 6) is 3.19. The van der Waals surface area contributed by atoms with Crippen molar-refractivity contribution >= 4 is 29.1 Å². The number of nitrogens with zero attached hydrogens (tertiary/aromatic N) is 2. The van der Waals surface area contributed by atoms with E-state index in [4.69, 9.17) is 25.6 Å². The molecule has 0 saturated carbocycles. The Morgan fingerprint density at radius 1 is 1.00 bits per heavy atom. The van der Waals surface area contributed by atoms with Crippen LogP contribution >= 0.6 is 11.3 Å². The highest BCUT2D eigenvalue weighted by Gasteiger charge is 2.35. The third-order valence-electron chi connectivity index (χ3n) is 6.40. The summed E-state index contributed by atoms with van der Waals surface area (Å²) >= 11 is 1.25. The van der Waals surface area contributed by atoms with Gasteiger partial charge in [0.1, 0.15) is 18.1 Å². The molecule has 0 fully saturated rings. The Kier molecular flexibility index (Phi) is 8.47. The second-order valence-corrected chi connectivity index (χ2v) is 9.97. The molecule has 1 aliphatic heterocycles. The molecule has 1 aliphatic rings. The molecule has 1 atom stereocenters. The van der Waals surface area contributed by atoms with Gasteiger partial charge in [-0.15, -0.1) is 6.42 Å². The molecule has 0 N–H and O–H groups in total. The number of rotatable bonds is 9. The average molecular weight is 565 g/mol. The fourth-order valence-corrected chi connectivity index (χ4v) is 5.65. The Hall–Kier alpha value is -4.87. The summed E-state index contributed by atoms with van der Waals surface area (Å²) in [5.41, 5.74) is 2.65. The van der Waals surface area contributed by atoms with Crippen molar-refractivity contribution in [3.8, 4) is 23.8 Å². The molecule has 8 heteroatoms. The van der Waals surface area contributed by atoms with Gasteiger partial charge in [0.15, 0.2) is 4.80 Å². The number of ether oxygens (including phenoxy) is 3. The molecular weight excluding hydrogens is 536 g/mol. The molecule has 0 saturated heterocycles. The number of aromatic nitrogens is 1. The molecule has 5 rings (SSSR count). The fourth-order valence-electron chi connectivity index (χ4n) is 4.66. The van der Waals surface area contributed by atoms with Crippen LogP contribution in [0.15, 0.2) is 94.2 Å². The first-order valence-electron chi connectivity index (χ1n) is 13.2. The second kappa shape index (κ2) is 12.5. The van der Waals surface area contributed by atoms with Crippen molar-refractivity contribution in [1.82, 2.24) is 4.57 Å². The molecule has 0 radical (unpaired) electrons. The van der Waals surface area contributed by atoms with Gasteiger partial charge in [0.05, 0.1) is 35.1 Å². The molecule has 41 heavy (non-hydrogen) atoms. The van der Waals surface area contributed by atoms with Crippen LogP contribution in [0.25, 0.3) is 11.8 Å². The summed E-state index contributed by atoms with van der Waals surface area (Å²) in [4.78, 5) is 33.0. The predicted molar refractivity (Wildman–Crippen MR) is 159 cm³/mol. The molecule has 1 aromatic heterocycles. The highest BCUT2D eigenvalue weighted by atomic mass is 32.1. The molecule has 3 aromatic carbocycles. The molecule has 0 bridgehead atoms. The van der Waals surface area contributed by atoms with E-state index in [1.54, 1.807) is 23.6 Å². The van der Waals surface area contributed by atoms with E-state index in [0.717, 1.165) is 11.1 Å². The first-order chi connectivity index (χ1) is 20.0. The number of terminal acetylenes is 1. The van der Waals surface area contributed by atoms with Crippen LogP contribution in [0.4, 0.5) is 0 Å². The molecule has 7 nitrogen and oxygen atoms in total. The van der Waals surface area contributed by atoms with Crippen molar-refractivity contribution in [3.63, 3.8) is 0 Å². The molecule has 0 aliphatic carbocycles. The van der Waals surface area contributed by atoms with Crippen molar-refractivity contribution in [1.29, 1.82) is 0 Å². The van der Waals surface area contributed by atoms with Crippen LogP contribution in [0.1, 0.15) is 36.6 Å². The maximum Gasteiger partial charge on any atom is 0.338 e. The molecule has 0 spiro atoms. The smallest absolute Gasteiger partial charge is 0.338 e. The highest BCUT2D eigenvalue weighted by molar-refractivity contribution is 7.07. The number of hydrogen-bond acceptors (Lipinski definition) is 7. The van der Waals surface area contributed by atoms with E-state index in [9.17, 15) is 9.59 Å². The molecule has 4 aromatic rings. The van der Waals surface area contributed by atoms with E-state index in [1.807, 2.05) is 79.7 Å². The lowest BCUT2D eigenvalue weighted by Gasteiger charge is -2.26. The van der Waals surface area contributed by atoms with E-state index < -0.39 is 12.0 Å². The predicted octanol–water partition coefficient (Wildman–Crippen LogP) is 4.35. The normalized spacial score (nSPS) is 14.6. The van der Waals surface area contributed by atoms with Gasteiger partial charge in [-0.1, -0.05) is 77.9 Å². The summed E-state index contributed by atoms with van der Waals surface area (Å²) < 4.78 is 18.9. The summed E-state index contributed by atoms with van der Waals surface area (Å²) in [6.45, 7) is 4.47. The van der Waals surface area contributed by atoms with Crippen LogP contribution in [-0.2, 0) is 9.53 Å². The van der Waals surface area contributed by atoms with Crippen molar-refractivity contribution in [3.05, 3.63) is 121 Å². The SMILES string of the molecule is C#CCOc1ccccc1/C=c1\sc2n(c1=O)[C@@H](c1ccc(OCC)cc1)C(C(=O)OCC)=C(c1ccccc1)N=2. The zero-order chi connectivity index (χ0) is 28.8. The molecule has 2 heterocycles. The number of thiazole rings is 1. The number of para-hydroxylation sites is 1. The average Bonchev–Trinajstić information content (AvgIpc) is 3.31. The number of carbonyl (C=O) groups excluding carboxylic acids is 1. The van der Waals surface area contributed by atoms with Crippen LogP contribution in [0.2, 0.25) is 0 Å². The Morgan fingerprint density at radius 3 is 2.44 bits per heavy atom. The largest absolute Gasteiger partial charge is 0.494 e. The van der Waals surface area contributed by atoms with Crippen molar-refractivity contribution in [2.45, 2.75) is 19.9 Å². The van der Waals surface area contributed by atoms with Crippen LogP contribution in [-0.4, -0.2) is 30.4 Å². The Morgan fingerprint density at radius 2 is 1.73 bits per heavy atom. The van der Waals surface area contributed by atoms with Gasteiger partial charge in [-0.3, -0.25) is 9.36 Å². The molecule has 0 unspecified atom stereocenters. The first kappa shape index (κ1) is 27.7. The van der Waals surface area contributed by atoms with Gasteiger partial charge in [0, 0.05) is 11.1 Å². The van der Waals surface area contributed by atoms with Crippen molar-refractivity contribution in [2.75, 3.05) is 19.8 Å². The van der Waals surface area contributed by atoms with E-state index >= 15 is 0 Å². The van der Waals surface area contributed by atoms with E-state index in [0.29, 0.717) is 44.3 Å². The van der Waals surface area contributed by atoms with Gasteiger partial charge < -0.3 is 14.2 Å².